The molecule has 0 aliphatic rings. The number of rotatable bonds is 4. The Balaban J connectivity index is 1.89. The number of para-hydroxylation sites is 1. The average Bonchev–Trinajstić information content (AvgIpc) is 2.63. The molecule has 4 nitrogen and oxygen atoms in total. The summed E-state index contributed by atoms with van der Waals surface area (Å²) >= 11 is 0. The number of nitrogens with one attached hydrogen (secondary N) is 1. The minimum atomic E-state index is -4.65. The molecule has 0 unspecified atom stereocenters. The van der Waals surface area contributed by atoms with Crippen LogP contribution in [0.2, 0.25) is 0 Å². The number of nitrogens with zero attached hydrogens (tertiary/aromatic N) is 1. The first kappa shape index (κ1) is 19.3. The molecule has 0 saturated carbocycles. The van der Waals surface area contributed by atoms with E-state index in [-0.39, 0.29) is 12.1 Å². The van der Waals surface area contributed by atoms with Crippen molar-refractivity contribution in [3.63, 3.8) is 0 Å². The maximum atomic E-state index is 13.3. The summed E-state index contributed by atoms with van der Waals surface area (Å²) in [7, 11) is 0. The third kappa shape index (κ3) is 4.28. The Morgan fingerprint density at radius 1 is 1.00 bits per heavy atom. The summed E-state index contributed by atoms with van der Waals surface area (Å²) in [5, 5.41) is 2.14. The van der Waals surface area contributed by atoms with Crippen molar-refractivity contribution in [3.05, 3.63) is 99.7 Å². The number of carbonyl (C=O) groups is 1. The van der Waals surface area contributed by atoms with Crippen molar-refractivity contribution in [2.24, 2.45) is 0 Å². The number of alkyl halides is 3. The lowest BCUT2D eigenvalue weighted by atomic mass is 10.1. The number of aromatic nitrogens is 1. The second-order valence-corrected chi connectivity index (χ2v) is 5.98. The predicted octanol–water partition coefficient (Wildman–Crippen LogP) is 4.31. The molecule has 0 atom stereocenters. The van der Waals surface area contributed by atoms with Gasteiger partial charge < -0.3 is 9.88 Å². The molecular weight excluding hydrogens is 376 g/mol. The van der Waals surface area contributed by atoms with Crippen molar-refractivity contribution in [3.8, 4) is 0 Å². The first-order valence-electron chi connectivity index (χ1n) is 8.17. The van der Waals surface area contributed by atoms with Crippen LogP contribution in [0.5, 0.6) is 0 Å². The molecule has 2 aromatic carbocycles. The molecule has 8 heteroatoms. The van der Waals surface area contributed by atoms with Gasteiger partial charge in [-0.15, -0.1) is 0 Å². The molecule has 0 saturated heterocycles. The topological polar surface area (TPSA) is 51.1 Å². The molecule has 0 fully saturated rings. The van der Waals surface area contributed by atoms with Crippen LogP contribution in [0, 0.1) is 5.82 Å². The molecular formula is C20H14F4N2O2. The smallest absolute Gasteiger partial charge is 0.321 e. The van der Waals surface area contributed by atoms with E-state index in [9.17, 15) is 27.2 Å². The molecule has 3 aromatic rings. The molecule has 1 heterocycles. The fourth-order valence-corrected chi connectivity index (χ4v) is 2.70. The van der Waals surface area contributed by atoms with Crippen LogP contribution in [0.15, 0.2) is 71.7 Å². The number of hydrogen-bond acceptors (Lipinski definition) is 2. The van der Waals surface area contributed by atoms with Gasteiger partial charge in [0.1, 0.15) is 11.4 Å². The van der Waals surface area contributed by atoms with Crippen LogP contribution in [-0.2, 0) is 12.7 Å². The zero-order valence-electron chi connectivity index (χ0n) is 14.3. The van der Waals surface area contributed by atoms with E-state index >= 15 is 0 Å². The molecule has 144 valence electrons. The van der Waals surface area contributed by atoms with E-state index in [1.165, 1.54) is 53.2 Å². The van der Waals surface area contributed by atoms with E-state index in [4.69, 9.17) is 0 Å². The van der Waals surface area contributed by atoms with Gasteiger partial charge in [0, 0.05) is 6.20 Å². The lowest BCUT2D eigenvalue weighted by molar-refractivity contribution is -0.136. The minimum absolute atomic E-state index is 0.0108. The van der Waals surface area contributed by atoms with E-state index in [2.05, 4.69) is 5.32 Å². The van der Waals surface area contributed by atoms with E-state index < -0.39 is 34.7 Å². The summed E-state index contributed by atoms with van der Waals surface area (Å²) in [6, 6.07) is 12.7. The Hall–Kier alpha value is -3.42. The Morgan fingerprint density at radius 3 is 2.46 bits per heavy atom. The van der Waals surface area contributed by atoms with Gasteiger partial charge in [0.2, 0.25) is 0 Å². The van der Waals surface area contributed by atoms with Gasteiger partial charge in [0.05, 0.1) is 17.8 Å². The number of pyridine rings is 1. The maximum absolute atomic E-state index is 13.3. The number of hydrogen-bond donors (Lipinski definition) is 1. The number of anilines is 1. The molecule has 0 bridgehead atoms. The highest BCUT2D eigenvalue weighted by Gasteiger charge is 2.33. The van der Waals surface area contributed by atoms with Gasteiger partial charge in [-0.3, -0.25) is 9.59 Å². The average molecular weight is 390 g/mol. The van der Waals surface area contributed by atoms with Crippen molar-refractivity contribution in [1.82, 2.24) is 4.57 Å². The fraction of sp³-hybridized carbons (Fsp3) is 0.100. The highest BCUT2D eigenvalue weighted by molar-refractivity contribution is 6.04. The second kappa shape index (κ2) is 7.67. The van der Waals surface area contributed by atoms with Crippen LogP contribution in [-0.4, -0.2) is 10.5 Å². The number of amides is 1. The first-order valence-corrected chi connectivity index (χ1v) is 8.17. The van der Waals surface area contributed by atoms with E-state index in [0.717, 1.165) is 12.1 Å². The van der Waals surface area contributed by atoms with Crippen molar-refractivity contribution in [2.75, 3.05) is 5.32 Å². The zero-order valence-corrected chi connectivity index (χ0v) is 14.3. The molecule has 0 radical (unpaired) electrons. The van der Waals surface area contributed by atoms with Crippen LogP contribution in [0.1, 0.15) is 21.5 Å². The summed E-state index contributed by atoms with van der Waals surface area (Å²) in [5.41, 5.74) is -1.98. The monoisotopic (exact) mass is 390 g/mol. The molecule has 1 amide bonds. The Morgan fingerprint density at radius 2 is 1.75 bits per heavy atom. The largest absolute Gasteiger partial charge is 0.418 e. The molecule has 1 aromatic heterocycles. The van der Waals surface area contributed by atoms with E-state index in [1.807, 2.05) is 0 Å². The third-order valence-corrected chi connectivity index (χ3v) is 3.99. The second-order valence-electron chi connectivity index (χ2n) is 5.98. The minimum Gasteiger partial charge on any atom is -0.321 e. The Labute approximate surface area is 157 Å². The van der Waals surface area contributed by atoms with Crippen LogP contribution in [0.3, 0.4) is 0 Å². The maximum Gasteiger partial charge on any atom is 0.418 e. The van der Waals surface area contributed by atoms with Gasteiger partial charge in [0.25, 0.3) is 11.5 Å². The van der Waals surface area contributed by atoms with Crippen LogP contribution < -0.4 is 10.9 Å². The molecule has 3 rings (SSSR count). The van der Waals surface area contributed by atoms with E-state index in [1.54, 1.807) is 6.07 Å². The first-order chi connectivity index (χ1) is 13.3. The van der Waals surface area contributed by atoms with Gasteiger partial charge >= 0.3 is 6.18 Å². The van der Waals surface area contributed by atoms with Crippen molar-refractivity contribution in [1.29, 1.82) is 0 Å². The van der Waals surface area contributed by atoms with Crippen LogP contribution in [0.4, 0.5) is 23.2 Å². The molecule has 28 heavy (non-hydrogen) atoms. The number of benzene rings is 2. The van der Waals surface area contributed by atoms with Crippen molar-refractivity contribution in [2.45, 2.75) is 12.7 Å². The van der Waals surface area contributed by atoms with Gasteiger partial charge in [0.15, 0.2) is 0 Å². The van der Waals surface area contributed by atoms with Gasteiger partial charge in [-0.2, -0.15) is 13.2 Å². The standard InChI is InChI=1S/C20H14F4N2O2/c21-14-6-3-5-13(11-14)12-26-10-4-7-15(19(26)28)18(27)25-17-9-2-1-8-16(17)20(22,23)24/h1-11H,12H2,(H,25,27). The summed E-state index contributed by atoms with van der Waals surface area (Å²) in [6.07, 6.45) is -3.24. The fourth-order valence-electron chi connectivity index (χ4n) is 2.70. The molecule has 0 aliphatic carbocycles. The highest BCUT2D eigenvalue weighted by Crippen LogP contribution is 2.34. The van der Waals surface area contributed by atoms with Crippen molar-refractivity contribution >= 4 is 11.6 Å². The normalized spacial score (nSPS) is 11.3. The Kier molecular flexibility index (Phi) is 5.30. The lowest BCUT2D eigenvalue weighted by Crippen LogP contribution is -2.29. The predicted molar refractivity (Wildman–Crippen MR) is 95.6 cm³/mol. The van der Waals surface area contributed by atoms with E-state index in [0.29, 0.717) is 5.56 Å². The van der Waals surface area contributed by atoms with Gasteiger partial charge in [-0.25, -0.2) is 4.39 Å². The van der Waals surface area contributed by atoms with Gasteiger partial charge in [-0.05, 0) is 42.0 Å². The summed E-state index contributed by atoms with van der Waals surface area (Å²) < 4.78 is 53.7. The molecule has 0 aliphatic heterocycles. The molecule has 1 N–H and O–H groups in total. The van der Waals surface area contributed by atoms with Crippen molar-refractivity contribution < 1.29 is 22.4 Å². The third-order valence-electron chi connectivity index (χ3n) is 3.99. The lowest BCUT2D eigenvalue weighted by Gasteiger charge is -2.14. The molecule has 0 spiro atoms. The highest BCUT2D eigenvalue weighted by atomic mass is 19.4. The van der Waals surface area contributed by atoms with Gasteiger partial charge in [-0.1, -0.05) is 24.3 Å². The van der Waals surface area contributed by atoms with Crippen LogP contribution >= 0.6 is 0 Å². The Bertz CT molecular complexity index is 1070. The van der Waals surface area contributed by atoms with Crippen LogP contribution in [0.25, 0.3) is 0 Å². The SMILES string of the molecule is O=C(Nc1ccccc1C(F)(F)F)c1cccn(Cc2cccc(F)c2)c1=O. The number of carbonyl (C=O) groups excluding carboxylic acids is 1. The zero-order chi connectivity index (χ0) is 20.3. The number of halogens is 4. The summed E-state index contributed by atoms with van der Waals surface area (Å²) in [5.74, 6) is -1.43. The summed E-state index contributed by atoms with van der Waals surface area (Å²) in [4.78, 5) is 25.0. The quantitative estimate of drug-likeness (QED) is 0.675. The summed E-state index contributed by atoms with van der Waals surface area (Å²) in [6.45, 7) is 0.0108.